The topological polar surface area (TPSA) is 67.8 Å². The van der Waals surface area contributed by atoms with Gasteiger partial charge in [-0.25, -0.2) is 4.39 Å². The van der Waals surface area contributed by atoms with E-state index >= 15 is 0 Å². The van der Waals surface area contributed by atoms with Crippen LogP contribution in [0.3, 0.4) is 0 Å². The molecule has 0 atom stereocenters. The molecular formula is C25H32FO5Si-. The fourth-order valence-corrected chi connectivity index (χ4v) is 6.22. The monoisotopic (exact) mass is 459 g/mol. The van der Waals surface area contributed by atoms with Gasteiger partial charge in [0.25, 0.3) is 0 Å². The summed E-state index contributed by atoms with van der Waals surface area (Å²) in [6, 6.07) is 13.6. The number of halogens is 1. The van der Waals surface area contributed by atoms with E-state index in [-0.39, 0.29) is 5.56 Å². The van der Waals surface area contributed by atoms with Crippen molar-refractivity contribution in [3.63, 3.8) is 0 Å². The molecule has 0 heterocycles. The van der Waals surface area contributed by atoms with Gasteiger partial charge in [0.15, 0.2) is 0 Å². The van der Waals surface area contributed by atoms with Gasteiger partial charge in [-0.15, -0.1) is 0 Å². The number of unbranched alkanes of at least 4 members (excludes halogenated alkanes) is 1. The Kier molecular flexibility index (Phi) is 10.8. The summed E-state index contributed by atoms with van der Waals surface area (Å²) in [4.78, 5) is 10.5. The van der Waals surface area contributed by atoms with E-state index in [2.05, 4.69) is 12.1 Å². The highest BCUT2D eigenvalue weighted by Crippen LogP contribution is 2.24. The SMILES string of the molecule is CCO[Si](CCCCc1ccc(-c2ccc(/C=C/C(=O)[O-])c(F)c2)cc1)(OCC)OCC. The normalized spacial score (nSPS) is 11.9. The number of rotatable bonds is 14. The second kappa shape index (κ2) is 13.3. The number of hydrogen-bond acceptors (Lipinski definition) is 5. The van der Waals surface area contributed by atoms with Crippen LogP contribution in [0.2, 0.25) is 6.04 Å². The highest BCUT2D eigenvalue weighted by Gasteiger charge is 2.39. The van der Waals surface area contributed by atoms with Crippen molar-refractivity contribution in [1.82, 2.24) is 0 Å². The van der Waals surface area contributed by atoms with E-state index in [4.69, 9.17) is 13.3 Å². The number of aryl methyl sites for hydroxylation is 1. The van der Waals surface area contributed by atoms with E-state index in [1.54, 1.807) is 12.1 Å². The molecule has 0 radical (unpaired) electrons. The molecule has 0 saturated carbocycles. The molecule has 7 heteroatoms. The highest BCUT2D eigenvalue weighted by atomic mass is 28.4. The number of aliphatic carboxylic acids is 1. The van der Waals surface area contributed by atoms with Crippen molar-refractivity contribution in [2.45, 2.75) is 46.1 Å². The summed E-state index contributed by atoms with van der Waals surface area (Å²) in [6.07, 6.45) is 4.89. The van der Waals surface area contributed by atoms with E-state index in [1.807, 2.05) is 32.9 Å². The molecule has 32 heavy (non-hydrogen) atoms. The van der Waals surface area contributed by atoms with E-state index < -0.39 is 20.6 Å². The molecule has 5 nitrogen and oxygen atoms in total. The van der Waals surface area contributed by atoms with Crippen molar-refractivity contribution in [1.29, 1.82) is 0 Å². The van der Waals surface area contributed by atoms with Gasteiger partial charge in [0.05, 0.1) is 5.97 Å². The minimum atomic E-state index is -2.59. The summed E-state index contributed by atoms with van der Waals surface area (Å²) in [7, 11) is -2.59. The number of carbonyl (C=O) groups is 1. The van der Waals surface area contributed by atoms with Crippen LogP contribution in [0.5, 0.6) is 0 Å². The molecule has 2 aromatic carbocycles. The Bertz CT molecular complexity index is 865. The van der Waals surface area contributed by atoms with E-state index in [1.165, 1.54) is 17.7 Å². The maximum Gasteiger partial charge on any atom is 0.500 e. The third-order valence-corrected chi connectivity index (χ3v) is 8.13. The predicted octanol–water partition coefficient (Wildman–Crippen LogP) is 4.63. The van der Waals surface area contributed by atoms with Crippen molar-refractivity contribution in [3.8, 4) is 11.1 Å². The first kappa shape index (κ1) is 25.9. The molecular weight excluding hydrogens is 427 g/mol. The Morgan fingerprint density at radius 2 is 1.53 bits per heavy atom. The van der Waals surface area contributed by atoms with Gasteiger partial charge >= 0.3 is 8.80 Å². The van der Waals surface area contributed by atoms with Crippen LogP contribution in [0.1, 0.15) is 44.7 Å². The Morgan fingerprint density at radius 3 is 2.06 bits per heavy atom. The molecule has 174 valence electrons. The largest absolute Gasteiger partial charge is 0.545 e. The van der Waals surface area contributed by atoms with Crippen LogP contribution in [0, 0.1) is 5.82 Å². The van der Waals surface area contributed by atoms with Gasteiger partial charge in [-0.1, -0.05) is 42.5 Å². The zero-order valence-corrected chi connectivity index (χ0v) is 20.1. The molecule has 0 N–H and O–H groups in total. The van der Waals surface area contributed by atoms with Crippen LogP contribution in [-0.4, -0.2) is 34.6 Å². The second-order valence-electron chi connectivity index (χ2n) is 7.27. The van der Waals surface area contributed by atoms with Crippen LogP contribution in [0.25, 0.3) is 17.2 Å². The van der Waals surface area contributed by atoms with Gasteiger partial charge < -0.3 is 23.2 Å². The summed E-state index contributed by atoms with van der Waals surface area (Å²) in [5.74, 6) is -1.83. The number of hydrogen-bond donors (Lipinski definition) is 0. The lowest BCUT2D eigenvalue weighted by atomic mass is 10.0. The molecule has 0 amide bonds. The van der Waals surface area contributed by atoms with Gasteiger partial charge in [-0.3, -0.25) is 0 Å². The molecule has 0 aliphatic rings. The molecule has 0 fully saturated rings. The van der Waals surface area contributed by atoms with Crippen LogP contribution < -0.4 is 5.11 Å². The summed E-state index contributed by atoms with van der Waals surface area (Å²) >= 11 is 0. The first-order chi connectivity index (χ1) is 15.4. The highest BCUT2D eigenvalue weighted by molar-refractivity contribution is 6.60. The first-order valence-electron chi connectivity index (χ1n) is 11.1. The van der Waals surface area contributed by atoms with Crippen LogP contribution in [-0.2, 0) is 24.5 Å². The third kappa shape index (κ3) is 7.98. The number of carbonyl (C=O) groups excluding carboxylic acids is 1. The molecule has 2 aromatic rings. The van der Waals surface area contributed by atoms with E-state index in [0.717, 1.165) is 42.5 Å². The summed E-state index contributed by atoms with van der Waals surface area (Å²) in [5.41, 5.74) is 3.05. The van der Waals surface area contributed by atoms with Crippen LogP contribution in [0.15, 0.2) is 48.5 Å². The predicted molar refractivity (Wildman–Crippen MR) is 124 cm³/mol. The quantitative estimate of drug-likeness (QED) is 0.234. The maximum absolute atomic E-state index is 14.2. The van der Waals surface area contributed by atoms with Gasteiger partial charge in [-0.2, -0.15) is 0 Å². The minimum absolute atomic E-state index is 0.209. The van der Waals surface area contributed by atoms with Crippen molar-refractivity contribution < 1.29 is 27.6 Å². The second-order valence-corrected chi connectivity index (χ2v) is 10.0. The fourth-order valence-electron chi connectivity index (χ4n) is 3.54. The Balaban J connectivity index is 1.94. The lowest BCUT2D eigenvalue weighted by molar-refractivity contribution is -0.297. The average molecular weight is 460 g/mol. The van der Waals surface area contributed by atoms with E-state index in [0.29, 0.717) is 19.8 Å². The zero-order chi connectivity index (χ0) is 23.4. The smallest absolute Gasteiger partial charge is 0.500 e. The molecule has 2 rings (SSSR count). The van der Waals surface area contributed by atoms with Gasteiger partial charge in [-0.05, 0) is 68.9 Å². The molecule has 0 bridgehead atoms. The van der Waals surface area contributed by atoms with Gasteiger partial charge in [0, 0.05) is 31.4 Å². The molecule has 0 aromatic heterocycles. The zero-order valence-electron chi connectivity index (χ0n) is 19.1. The number of benzene rings is 2. The summed E-state index contributed by atoms with van der Waals surface area (Å²) in [5, 5.41) is 10.5. The lowest BCUT2D eigenvalue weighted by Crippen LogP contribution is -2.45. The fraction of sp³-hybridized carbons (Fsp3) is 0.400. The summed E-state index contributed by atoms with van der Waals surface area (Å²) < 4.78 is 31.9. The van der Waals surface area contributed by atoms with Gasteiger partial charge in [0.2, 0.25) is 0 Å². The van der Waals surface area contributed by atoms with Crippen molar-refractivity contribution >= 4 is 20.8 Å². The van der Waals surface area contributed by atoms with Crippen molar-refractivity contribution in [2.75, 3.05) is 19.8 Å². The minimum Gasteiger partial charge on any atom is -0.545 e. The van der Waals surface area contributed by atoms with E-state index in [9.17, 15) is 14.3 Å². The van der Waals surface area contributed by atoms with Crippen molar-refractivity contribution in [2.24, 2.45) is 0 Å². The molecule has 0 unspecified atom stereocenters. The number of carboxylic acids is 1. The molecule has 0 saturated heterocycles. The Labute approximate surface area is 191 Å². The molecule has 0 spiro atoms. The Morgan fingerprint density at radius 1 is 0.938 bits per heavy atom. The van der Waals surface area contributed by atoms with Gasteiger partial charge in [0.1, 0.15) is 5.82 Å². The first-order valence-corrected chi connectivity index (χ1v) is 13.1. The van der Waals surface area contributed by atoms with Crippen LogP contribution in [0.4, 0.5) is 4.39 Å². The Hall–Kier alpha value is -2.32. The standard InChI is InChI=1S/C25H33FO5Si/c1-4-29-32(30-5-2,31-6-3)18-8-7-9-20-10-12-21(13-11-20)23-15-14-22(24(26)19-23)16-17-25(27)28/h10-17,19H,4-9,18H2,1-3H3,(H,27,28)/p-1/b17-16+. The third-order valence-electron chi connectivity index (χ3n) is 4.98. The molecule has 0 aliphatic heterocycles. The number of carboxylic acid groups (broad SMARTS) is 1. The summed E-state index contributed by atoms with van der Waals surface area (Å²) in [6.45, 7) is 7.65. The van der Waals surface area contributed by atoms with Crippen LogP contribution >= 0.6 is 0 Å². The molecule has 0 aliphatic carbocycles. The van der Waals surface area contributed by atoms with Crippen molar-refractivity contribution in [3.05, 3.63) is 65.5 Å². The maximum atomic E-state index is 14.2. The average Bonchev–Trinajstić information content (AvgIpc) is 2.77. The lowest BCUT2D eigenvalue weighted by Gasteiger charge is -2.28.